The molecule has 1 heterocycles. The summed E-state index contributed by atoms with van der Waals surface area (Å²) in [5, 5.41) is 8.70. The van der Waals surface area contributed by atoms with Gasteiger partial charge in [-0.25, -0.2) is 0 Å². The lowest BCUT2D eigenvalue weighted by atomic mass is 10.1. The molecule has 3 nitrogen and oxygen atoms in total. The first-order chi connectivity index (χ1) is 10.3. The maximum atomic E-state index is 8.70. The van der Waals surface area contributed by atoms with Gasteiger partial charge in [0.1, 0.15) is 6.61 Å². The zero-order valence-electron chi connectivity index (χ0n) is 13.2. The molecule has 1 aromatic rings. The standard InChI is InChI=1S/C18H26N2O/c1-3-20(4-2)18-11-12-19(15-18)14-17-9-7-16(8-10-17)6-5-13-21/h7-10,18,21H,3-4,11-15H2,1-2H3. The van der Waals surface area contributed by atoms with E-state index in [0.29, 0.717) is 0 Å². The molecule has 1 aliphatic heterocycles. The highest BCUT2D eigenvalue weighted by Gasteiger charge is 2.25. The van der Waals surface area contributed by atoms with Gasteiger partial charge in [-0.2, -0.15) is 0 Å². The quantitative estimate of drug-likeness (QED) is 0.838. The van der Waals surface area contributed by atoms with Gasteiger partial charge in [-0.1, -0.05) is 37.8 Å². The Morgan fingerprint density at radius 2 is 1.95 bits per heavy atom. The van der Waals surface area contributed by atoms with E-state index < -0.39 is 0 Å². The molecule has 2 rings (SSSR count). The third-order valence-electron chi connectivity index (χ3n) is 4.25. The number of aliphatic hydroxyl groups excluding tert-OH is 1. The van der Waals surface area contributed by atoms with E-state index >= 15 is 0 Å². The number of benzene rings is 1. The van der Waals surface area contributed by atoms with Crippen LogP contribution in [0.15, 0.2) is 24.3 Å². The van der Waals surface area contributed by atoms with Crippen molar-refractivity contribution in [2.24, 2.45) is 0 Å². The average Bonchev–Trinajstić information content (AvgIpc) is 2.96. The van der Waals surface area contributed by atoms with Crippen LogP contribution in [0.25, 0.3) is 0 Å². The van der Waals surface area contributed by atoms with Crippen LogP contribution in [0.3, 0.4) is 0 Å². The molecule has 0 aliphatic carbocycles. The van der Waals surface area contributed by atoms with Crippen LogP contribution < -0.4 is 0 Å². The zero-order chi connectivity index (χ0) is 15.1. The summed E-state index contributed by atoms with van der Waals surface area (Å²) in [6, 6.07) is 9.08. The molecular weight excluding hydrogens is 260 g/mol. The predicted molar refractivity (Wildman–Crippen MR) is 87.0 cm³/mol. The zero-order valence-corrected chi connectivity index (χ0v) is 13.2. The van der Waals surface area contributed by atoms with Crippen LogP contribution >= 0.6 is 0 Å². The van der Waals surface area contributed by atoms with Crippen LogP contribution in [0.1, 0.15) is 31.4 Å². The Bertz CT molecular complexity index is 482. The molecule has 0 spiro atoms. The maximum Gasteiger partial charge on any atom is 0.104 e. The van der Waals surface area contributed by atoms with Gasteiger partial charge in [0.25, 0.3) is 0 Å². The summed E-state index contributed by atoms with van der Waals surface area (Å²) < 4.78 is 0. The van der Waals surface area contributed by atoms with E-state index in [1.54, 1.807) is 0 Å². The number of likely N-dealkylation sites (tertiary alicyclic amines) is 1. The topological polar surface area (TPSA) is 26.7 Å². The summed E-state index contributed by atoms with van der Waals surface area (Å²) in [5.74, 6) is 5.61. The van der Waals surface area contributed by atoms with E-state index in [4.69, 9.17) is 5.11 Å². The molecule has 1 saturated heterocycles. The van der Waals surface area contributed by atoms with E-state index in [0.717, 1.165) is 31.2 Å². The van der Waals surface area contributed by atoms with E-state index in [1.165, 1.54) is 25.1 Å². The number of hydrogen-bond donors (Lipinski definition) is 1. The minimum Gasteiger partial charge on any atom is -0.384 e. The molecule has 0 radical (unpaired) electrons. The molecule has 1 N–H and O–H groups in total. The fraction of sp³-hybridized carbons (Fsp3) is 0.556. The second kappa shape index (κ2) is 8.19. The molecule has 1 aliphatic rings. The van der Waals surface area contributed by atoms with Crippen LogP contribution in [0.4, 0.5) is 0 Å². The molecule has 0 saturated carbocycles. The van der Waals surface area contributed by atoms with Crippen LogP contribution in [-0.2, 0) is 6.54 Å². The van der Waals surface area contributed by atoms with Crippen molar-refractivity contribution in [3.63, 3.8) is 0 Å². The fourth-order valence-electron chi connectivity index (χ4n) is 3.09. The monoisotopic (exact) mass is 286 g/mol. The Labute approximate surface area is 128 Å². The van der Waals surface area contributed by atoms with Crippen LogP contribution in [-0.4, -0.2) is 53.7 Å². The Morgan fingerprint density at radius 3 is 2.57 bits per heavy atom. The summed E-state index contributed by atoms with van der Waals surface area (Å²) in [6.45, 7) is 10.1. The Kier molecular flexibility index (Phi) is 6.25. The van der Waals surface area contributed by atoms with Gasteiger partial charge in [-0.05, 0) is 37.2 Å². The molecule has 3 heteroatoms. The van der Waals surface area contributed by atoms with Crippen molar-refractivity contribution in [1.29, 1.82) is 0 Å². The van der Waals surface area contributed by atoms with Gasteiger partial charge in [-0.3, -0.25) is 9.80 Å². The molecule has 1 fully saturated rings. The van der Waals surface area contributed by atoms with Crippen molar-refractivity contribution in [2.45, 2.75) is 32.9 Å². The smallest absolute Gasteiger partial charge is 0.104 e. The molecule has 1 aromatic carbocycles. The first kappa shape index (κ1) is 16.0. The van der Waals surface area contributed by atoms with Gasteiger partial charge in [0.05, 0.1) is 0 Å². The van der Waals surface area contributed by atoms with E-state index in [2.05, 4.69) is 47.6 Å². The Hall–Kier alpha value is -1.34. The maximum absolute atomic E-state index is 8.70. The summed E-state index contributed by atoms with van der Waals surface area (Å²) in [5.41, 5.74) is 2.31. The lowest BCUT2D eigenvalue weighted by Gasteiger charge is -2.26. The number of likely N-dealkylation sites (N-methyl/N-ethyl adjacent to an activating group) is 1. The van der Waals surface area contributed by atoms with Crippen molar-refractivity contribution in [3.8, 4) is 11.8 Å². The van der Waals surface area contributed by atoms with Gasteiger partial charge < -0.3 is 5.11 Å². The van der Waals surface area contributed by atoms with Crippen molar-refractivity contribution < 1.29 is 5.11 Å². The second-order valence-corrected chi connectivity index (χ2v) is 5.56. The first-order valence-electron chi connectivity index (χ1n) is 7.91. The summed E-state index contributed by atoms with van der Waals surface area (Å²) >= 11 is 0. The average molecular weight is 286 g/mol. The SMILES string of the molecule is CCN(CC)C1CCN(Cc2ccc(C#CCO)cc2)C1. The number of hydrogen-bond acceptors (Lipinski definition) is 3. The Morgan fingerprint density at radius 1 is 1.24 bits per heavy atom. The number of aliphatic hydroxyl groups is 1. The summed E-state index contributed by atoms with van der Waals surface area (Å²) in [6.07, 6.45) is 1.28. The minimum absolute atomic E-state index is 0.0811. The normalized spacial score (nSPS) is 18.8. The third-order valence-corrected chi connectivity index (χ3v) is 4.25. The number of rotatable bonds is 5. The molecular formula is C18H26N2O. The molecule has 1 atom stereocenters. The highest BCUT2D eigenvalue weighted by molar-refractivity contribution is 5.36. The number of nitrogens with zero attached hydrogens (tertiary/aromatic N) is 2. The third kappa shape index (κ3) is 4.57. The van der Waals surface area contributed by atoms with E-state index in [-0.39, 0.29) is 6.61 Å². The predicted octanol–water partition coefficient (Wildman–Crippen LogP) is 1.95. The summed E-state index contributed by atoms with van der Waals surface area (Å²) in [4.78, 5) is 5.10. The van der Waals surface area contributed by atoms with Gasteiger partial charge in [0, 0.05) is 31.2 Å². The van der Waals surface area contributed by atoms with Gasteiger partial charge >= 0.3 is 0 Å². The molecule has 1 unspecified atom stereocenters. The molecule has 114 valence electrons. The first-order valence-corrected chi connectivity index (χ1v) is 7.91. The minimum atomic E-state index is -0.0811. The molecule has 21 heavy (non-hydrogen) atoms. The van der Waals surface area contributed by atoms with Crippen LogP contribution in [0, 0.1) is 11.8 Å². The highest BCUT2D eigenvalue weighted by Crippen LogP contribution is 2.18. The summed E-state index contributed by atoms with van der Waals surface area (Å²) in [7, 11) is 0. The van der Waals surface area contributed by atoms with Crippen molar-refractivity contribution in [1.82, 2.24) is 9.80 Å². The van der Waals surface area contributed by atoms with E-state index in [9.17, 15) is 0 Å². The van der Waals surface area contributed by atoms with Crippen molar-refractivity contribution >= 4 is 0 Å². The van der Waals surface area contributed by atoms with Crippen LogP contribution in [0.5, 0.6) is 0 Å². The highest BCUT2D eigenvalue weighted by atomic mass is 16.2. The largest absolute Gasteiger partial charge is 0.384 e. The second-order valence-electron chi connectivity index (χ2n) is 5.56. The van der Waals surface area contributed by atoms with E-state index in [1.807, 2.05) is 12.1 Å². The lowest BCUT2D eigenvalue weighted by Crippen LogP contribution is -2.37. The molecule has 0 bridgehead atoms. The van der Waals surface area contributed by atoms with Gasteiger partial charge in [0.2, 0.25) is 0 Å². The molecule has 0 aromatic heterocycles. The van der Waals surface area contributed by atoms with Gasteiger partial charge in [0.15, 0.2) is 0 Å². The lowest BCUT2D eigenvalue weighted by molar-refractivity contribution is 0.209. The van der Waals surface area contributed by atoms with Gasteiger partial charge in [-0.15, -0.1) is 0 Å². The molecule has 0 amide bonds. The Balaban J connectivity index is 1.88. The van der Waals surface area contributed by atoms with Crippen molar-refractivity contribution in [3.05, 3.63) is 35.4 Å². The van der Waals surface area contributed by atoms with Crippen molar-refractivity contribution in [2.75, 3.05) is 32.8 Å². The van der Waals surface area contributed by atoms with Crippen LogP contribution in [0.2, 0.25) is 0 Å². The fourth-order valence-corrected chi connectivity index (χ4v) is 3.09.